The Hall–Kier alpha value is -1.35. The van der Waals surface area contributed by atoms with Gasteiger partial charge in [-0.3, -0.25) is 4.98 Å². The van der Waals surface area contributed by atoms with Gasteiger partial charge in [-0.2, -0.15) is 0 Å². The molecule has 0 amide bonds. The van der Waals surface area contributed by atoms with E-state index in [1.165, 1.54) is 24.8 Å². The van der Waals surface area contributed by atoms with Crippen molar-refractivity contribution in [2.75, 3.05) is 6.61 Å². The normalized spacial score (nSPS) is 28.9. The van der Waals surface area contributed by atoms with Crippen LogP contribution in [-0.2, 0) is 0 Å². The van der Waals surface area contributed by atoms with Crippen molar-refractivity contribution in [2.45, 2.75) is 38.3 Å². The van der Waals surface area contributed by atoms with Crippen LogP contribution >= 0.6 is 0 Å². The first-order chi connectivity index (χ1) is 8.35. The zero-order valence-corrected chi connectivity index (χ0v) is 10.1. The molecule has 2 fully saturated rings. The Labute approximate surface area is 102 Å². The third-order valence-electron chi connectivity index (χ3n) is 3.57. The zero-order valence-electron chi connectivity index (χ0n) is 10.1. The van der Waals surface area contributed by atoms with Crippen molar-refractivity contribution in [3.8, 4) is 5.75 Å². The van der Waals surface area contributed by atoms with Crippen LogP contribution in [0.4, 0.5) is 0 Å². The molecule has 3 nitrogen and oxygen atoms in total. The van der Waals surface area contributed by atoms with Crippen molar-refractivity contribution in [1.29, 1.82) is 0 Å². The molecule has 3 heterocycles. The van der Waals surface area contributed by atoms with Crippen molar-refractivity contribution in [3.63, 3.8) is 0 Å². The quantitative estimate of drug-likeness (QED) is 0.865. The minimum Gasteiger partial charge on any atom is -0.492 e. The molecular weight excluding hydrogens is 212 g/mol. The summed E-state index contributed by atoms with van der Waals surface area (Å²) in [6.45, 7) is 2.68. The number of fused-ring (bicyclic) bond motifs is 2. The van der Waals surface area contributed by atoms with Crippen molar-refractivity contribution < 1.29 is 4.74 Å². The molecule has 1 N–H and O–H groups in total. The Kier molecular flexibility index (Phi) is 2.85. The largest absolute Gasteiger partial charge is 0.492 e. The van der Waals surface area contributed by atoms with Crippen LogP contribution < -0.4 is 10.1 Å². The number of nitrogens with zero attached hydrogens (tertiary/aromatic N) is 1. The summed E-state index contributed by atoms with van der Waals surface area (Å²) in [5.74, 6) is 0.859. The lowest BCUT2D eigenvalue weighted by Crippen LogP contribution is -2.18. The number of hydrogen-bond acceptors (Lipinski definition) is 3. The second-order valence-corrected chi connectivity index (χ2v) is 4.80. The zero-order chi connectivity index (χ0) is 11.7. The minimum absolute atomic E-state index is 0.607. The van der Waals surface area contributed by atoms with E-state index < -0.39 is 0 Å². The molecule has 0 radical (unpaired) electrons. The average Bonchev–Trinajstić information content (AvgIpc) is 2.92. The molecule has 1 aromatic rings. The van der Waals surface area contributed by atoms with Crippen molar-refractivity contribution in [2.24, 2.45) is 0 Å². The predicted molar refractivity (Wildman–Crippen MR) is 67.9 cm³/mol. The molecule has 3 heteroatoms. The van der Waals surface area contributed by atoms with Gasteiger partial charge >= 0.3 is 0 Å². The number of ether oxygens (including phenoxy) is 1. The lowest BCUT2D eigenvalue weighted by atomic mass is 9.93. The summed E-state index contributed by atoms with van der Waals surface area (Å²) >= 11 is 0. The number of nitrogens with one attached hydrogen (secondary N) is 1. The van der Waals surface area contributed by atoms with E-state index in [1.54, 1.807) is 6.20 Å². The third kappa shape index (κ3) is 2.20. The molecule has 17 heavy (non-hydrogen) atoms. The first-order valence-corrected chi connectivity index (χ1v) is 6.39. The molecule has 2 unspecified atom stereocenters. The maximum absolute atomic E-state index is 5.47. The lowest BCUT2D eigenvalue weighted by Gasteiger charge is -2.11. The van der Waals surface area contributed by atoms with Gasteiger partial charge in [0.15, 0.2) is 0 Å². The van der Waals surface area contributed by atoms with Gasteiger partial charge in [-0.25, -0.2) is 0 Å². The van der Waals surface area contributed by atoms with Gasteiger partial charge in [-0.05, 0) is 37.8 Å². The molecule has 90 valence electrons. The first kappa shape index (κ1) is 10.8. The summed E-state index contributed by atoms with van der Waals surface area (Å²) in [5, 5.41) is 3.62. The van der Waals surface area contributed by atoms with E-state index >= 15 is 0 Å². The van der Waals surface area contributed by atoms with Gasteiger partial charge in [0, 0.05) is 18.3 Å². The molecule has 2 atom stereocenters. The first-order valence-electron chi connectivity index (χ1n) is 6.39. The highest BCUT2D eigenvalue weighted by atomic mass is 16.5. The Morgan fingerprint density at radius 1 is 1.47 bits per heavy atom. The highest BCUT2D eigenvalue weighted by Gasteiger charge is 2.34. The highest BCUT2D eigenvalue weighted by molar-refractivity contribution is 5.56. The summed E-state index contributed by atoms with van der Waals surface area (Å²) in [6.07, 6.45) is 9.76. The van der Waals surface area contributed by atoms with Crippen LogP contribution in [0.3, 0.4) is 0 Å². The van der Waals surface area contributed by atoms with Crippen LogP contribution in [0.15, 0.2) is 24.0 Å². The Bertz CT molecular complexity index is 442. The van der Waals surface area contributed by atoms with Gasteiger partial charge in [-0.1, -0.05) is 11.6 Å². The summed E-state index contributed by atoms with van der Waals surface area (Å²) in [7, 11) is 0. The van der Waals surface area contributed by atoms with Crippen LogP contribution in [0.5, 0.6) is 5.75 Å². The van der Waals surface area contributed by atoms with Gasteiger partial charge in [0.1, 0.15) is 5.75 Å². The molecule has 0 aromatic carbocycles. The Balaban J connectivity index is 1.80. The van der Waals surface area contributed by atoms with Gasteiger partial charge in [0.05, 0.1) is 12.8 Å². The number of aromatic nitrogens is 1. The van der Waals surface area contributed by atoms with Crippen LogP contribution in [0, 0.1) is 0 Å². The summed E-state index contributed by atoms with van der Waals surface area (Å²) < 4.78 is 5.47. The van der Waals surface area contributed by atoms with E-state index in [4.69, 9.17) is 4.74 Å². The van der Waals surface area contributed by atoms with Crippen LogP contribution in [0.2, 0.25) is 0 Å². The van der Waals surface area contributed by atoms with Gasteiger partial charge in [0.25, 0.3) is 0 Å². The molecule has 0 aliphatic carbocycles. The second kappa shape index (κ2) is 4.49. The molecule has 0 saturated carbocycles. The van der Waals surface area contributed by atoms with E-state index in [0.717, 1.165) is 11.3 Å². The van der Waals surface area contributed by atoms with Crippen LogP contribution in [0.25, 0.3) is 6.08 Å². The fourth-order valence-electron chi connectivity index (χ4n) is 2.83. The fraction of sp³-hybridized carbons (Fsp3) is 0.500. The van der Waals surface area contributed by atoms with Crippen molar-refractivity contribution >= 4 is 6.08 Å². The molecule has 2 bridgehead atoms. The highest BCUT2D eigenvalue weighted by Crippen LogP contribution is 2.33. The predicted octanol–water partition coefficient (Wildman–Crippen LogP) is 2.39. The van der Waals surface area contributed by atoms with Gasteiger partial charge in [-0.15, -0.1) is 0 Å². The Morgan fingerprint density at radius 2 is 2.41 bits per heavy atom. The molecule has 2 aliphatic rings. The fourth-order valence-corrected chi connectivity index (χ4v) is 2.83. The number of hydrogen-bond donors (Lipinski definition) is 1. The Morgan fingerprint density at radius 3 is 3.12 bits per heavy atom. The summed E-state index contributed by atoms with van der Waals surface area (Å²) in [4.78, 5) is 4.22. The van der Waals surface area contributed by atoms with E-state index in [9.17, 15) is 0 Å². The number of pyridine rings is 1. The summed E-state index contributed by atoms with van der Waals surface area (Å²) in [5.41, 5.74) is 2.68. The average molecular weight is 230 g/mol. The van der Waals surface area contributed by atoms with Gasteiger partial charge in [0.2, 0.25) is 0 Å². The maximum Gasteiger partial charge on any atom is 0.138 e. The molecule has 0 spiro atoms. The monoisotopic (exact) mass is 230 g/mol. The SMILES string of the molecule is CCOc1cncc(/C=C2\CC3CCC2N3)c1. The smallest absolute Gasteiger partial charge is 0.138 e. The number of rotatable bonds is 3. The lowest BCUT2D eigenvalue weighted by molar-refractivity contribution is 0.339. The minimum atomic E-state index is 0.607. The van der Waals surface area contributed by atoms with E-state index in [-0.39, 0.29) is 0 Å². The van der Waals surface area contributed by atoms with E-state index in [0.29, 0.717) is 18.7 Å². The van der Waals surface area contributed by atoms with E-state index in [1.807, 2.05) is 13.1 Å². The van der Waals surface area contributed by atoms with Crippen molar-refractivity contribution in [3.05, 3.63) is 29.6 Å². The van der Waals surface area contributed by atoms with Crippen LogP contribution in [-0.4, -0.2) is 23.7 Å². The van der Waals surface area contributed by atoms with Crippen molar-refractivity contribution in [1.82, 2.24) is 10.3 Å². The second-order valence-electron chi connectivity index (χ2n) is 4.80. The van der Waals surface area contributed by atoms with E-state index in [2.05, 4.69) is 22.4 Å². The van der Waals surface area contributed by atoms with Crippen LogP contribution in [0.1, 0.15) is 31.7 Å². The molecule has 2 saturated heterocycles. The summed E-state index contributed by atoms with van der Waals surface area (Å²) in [6, 6.07) is 3.39. The maximum atomic E-state index is 5.47. The molecular formula is C14H18N2O. The van der Waals surface area contributed by atoms with Gasteiger partial charge < -0.3 is 10.1 Å². The molecule has 2 aliphatic heterocycles. The molecule has 1 aromatic heterocycles. The molecule has 3 rings (SSSR count). The standard InChI is InChI=1S/C14H18N2O/c1-2-17-13-6-10(8-15-9-13)5-11-7-12-3-4-14(11)16-12/h5-6,8-9,12,14,16H,2-4,7H2,1H3/b11-5+. The third-order valence-corrected chi connectivity index (χ3v) is 3.57. The topological polar surface area (TPSA) is 34.1 Å².